The fourth-order valence-corrected chi connectivity index (χ4v) is 4.19. The Morgan fingerprint density at radius 1 is 1.00 bits per heavy atom. The molecule has 0 aliphatic carbocycles. The maximum atomic E-state index is 12.5. The van der Waals surface area contributed by atoms with Gasteiger partial charge in [0.1, 0.15) is 0 Å². The van der Waals surface area contributed by atoms with Crippen molar-refractivity contribution in [2.45, 2.75) is 18.2 Å². The van der Waals surface area contributed by atoms with Gasteiger partial charge in [-0.1, -0.05) is 41.2 Å². The van der Waals surface area contributed by atoms with Gasteiger partial charge in [0, 0.05) is 16.8 Å². The molecule has 10 heteroatoms. The molecule has 0 spiro atoms. The SMILES string of the molecule is CC(=O)c1cccc(NS(=O)(=O)c2nnc(NC(=O)c3ccc(C)cc3)s2)c1. The summed E-state index contributed by atoms with van der Waals surface area (Å²) < 4.78 is 27.0. The second-order valence-electron chi connectivity index (χ2n) is 5.94. The number of aromatic nitrogens is 2. The Balaban J connectivity index is 1.75. The molecule has 0 fully saturated rings. The zero-order valence-corrected chi connectivity index (χ0v) is 16.6. The summed E-state index contributed by atoms with van der Waals surface area (Å²) in [5, 5.41) is 9.94. The normalized spacial score (nSPS) is 11.1. The lowest BCUT2D eigenvalue weighted by molar-refractivity contribution is 0.101. The Labute approximate surface area is 165 Å². The van der Waals surface area contributed by atoms with Crippen molar-refractivity contribution < 1.29 is 18.0 Å². The number of hydrogen-bond acceptors (Lipinski definition) is 7. The van der Waals surface area contributed by atoms with E-state index in [1.807, 2.05) is 6.92 Å². The van der Waals surface area contributed by atoms with Gasteiger partial charge in [-0.3, -0.25) is 19.6 Å². The van der Waals surface area contributed by atoms with Crippen LogP contribution in [0.2, 0.25) is 0 Å². The molecule has 0 saturated carbocycles. The fourth-order valence-electron chi connectivity index (χ4n) is 2.24. The molecule has 0 radical (unpaired) electrons. The highest BCUT2D eigenvalue weighted by atomic mass is 32.2. The molecule has 0 atom stereocenters. The average Bonchev–Trinajstić information content (AvgIpc) is 3.11. The lowest BCUT2D eigenvalue weighted by atomic mass is 10.1. The summed E-state index contributed by atoms with van der Waals surface area (Å²) in [6, 6.07) is 13.0. The summed E-state index contributed by atoms with van der Waals surface area (Å²) >= 11 is 0.724. The molecular formula is C18H16N4O4S2. The minimum atomic E-state index is -4.01. The number of carbonyl (C=O) groups is 2. The third kappa shape index (κ3) is 4.59. The molecule has 1 amide bonds. The van der Waals surface area contributed by atoms with E-state index in [1.54, 1.807) is 36.4 Å². The van der Waals surface area contributed by atoms with Gasteiger partial charge in [-0.05, 0) is 38.1 Å². The predicted molar refractivity (Wildman–Crippen MR) is 106 cm³/mol. The smallest absolute Gasteiger partial charge is 0.291 e. The lowest BCUT2D eigenvalue weighted by Gasteiger charge is -2.06. The molecule has 0 unspecified atom stereocenters. The van der Waals surface area contributed by atoms with E-state index in [1.165, 1.54) is 19.1 Å². The van der Waals surface area contributed by atoms with Crippen LogP contribution < -0.4 is 10.0 Å². The molecule has 2 N–H and O–H groups in total. The van der Waals surface area contributed by atoms with E-state index in [-0.39, 0.29) is 20.9 Å². The molecule has 0 bridgehead atoms. The third-order valence-corrected chi connectivity index (χ3v) is 6.28. The highest BCUT2D eigenvalue weighted by Crippen LogP contribution is 2.23. The maximum absolute atomic E-state index is 12.5. The minimum Gasteiger partial charge on any atom is -0.296 e. The molecule has 1 heterocycles. The van der Waals surface area contributed by atoms with Crippen LogP contribution in [0.5, 0.6) is 0 Å². The van der Waals surface area contributed by atoms with Crippen molar-refractivity contribution in [1.82, 2.24) is 10.2 Å². The summed E-state index contributed by atoms with van der Waals surface area (Å²) in [5.74, 6) is -0.597. The Bertz CT molecular complexity index is 1140. The first kappa shape index (κ1) is 19.6. The zero-order valence-electron chi connectivity index (χ0n) is 15.0. The topological polar surface area (TPSA) is 118 Å². The number of aryl methyl sites for hydroxylation is 1. The van der Waals surface area contributed by atoms with Gasteiger partial charge in [0.25, 0.3) is 20.3 Å². The van der Waals surface area contributed by atoms with E-state index in [4.69, 9.17) is 0 Å². The summed E-state index contributed by atoms with van der Waals surface area (Å²) in [6.07, 6.45) is 0. The van der Waals surface area contributed by atoms with Crippen molar-refractivity contribution in [3.05, 3.63) is 65.2 Å². The first-order valence-electron chi connectivity index (χ1n) is 8.10. The van der Waals surface area contributed by atoms with Crippen LogP contribution >= 0.6 is 11.3 Å². The van der Waals surface area contributed by atoms with Crippen molar-refractivity contribution in [3.8, 4) is 0 Å². The number of rotatable bonds is 6. The largest absolute Gasteiger partial charge is 0.296 e. The number of nitrogens with one attached hydrogen (secondary N) is 2. The Hall–Kier alpha value is -3.11. The average molecular weight is 416 g/mol. The molecule has 2 aromatic carbocycles. The van der Waals surface area contributed by atoms with Crippen molar-refractivity contribution in [2.24, 2.45) is 0 Å². The fraction of sp³-hybridized carbons (Fsp3) is 0.111. The predicted octanol–water partition coefficient (Wildman–Crippen LogP) is 3.10. The van der Waals surface area contributed by atoms with Gasteiger partial charge >= 0.3 is 0 Å². The Morgan fingerprint density at radius 3 is 2.39 bits per heavy atom. The lowest BCUT2D eigenvalue weighted by Crippen LogP contribution is -2.13. The van der Waals surface area contributed by atoms with E-state index in [9.17, 15) is 18.0 Å². The summed E-state index contributed by atoms with van der Waals surface area (Å²) in [6.45, 7) is 3.30. The van der Waals surface area contributed by atoms with Crippen LogP contribution in [0.15, 0.2) is 52.9 Å². The monoisotopic (exact) mass is 416 g/mol. The van der Waals surface area contributed by atoms with Crippen LogP contribution in [-0.2, 0) is 10.0 Å². The molecule has 0 saturated heterocycles. The number of nitrogens with zero attached hydrogens (tertiary/aromatic N) is 2. The van der Waals surface area contributed by atoms with Gasteiger partial charge in [0.15, 0.2) is 5.78 Å². The number of amides is 1. The van der Waals surface area contributed by atoms with Crippen molar-refractivity contribution in [1.29, 1.82) is 0 Å². The van der Waals surface area contributed by atoms with E-state index < -0.39 is 15.9 Å². The molecule has 0 aliphatic heterocycles. The van der Waals surface area contributed by atoms with Gasteiger partial charge in [0.05, 0.1) is 0 Å². The van der Waals surface area contributed by atoms with Crippen LogP contribution in [0, 0.1) is 6.92 Å². The van der Waals surface area contributed by atoms with Crippen LogP contribution in [0.4, 0.5) is 10.8 Å². The number of benzene rings is 2. The number of ketones is 1. The summed E-state index contributed by atoms with van der Waals surface area (Å²) in [4.78, 5) is 23.6. The molecule has 8 nitrogen and oxygen atoms in total. The van der Waals surface area contributed by atoms with Crippen molar-refractivity contribution in [3.63, 3.8) is 0 Å². The van der Waals surface area contributed by atoms with E-state index in [0.717, 1.165) is 16.9 Å². The van der Waals surface area contributed by atoms with Crippen molar-refractivity contribution in [2.75, 3.05) is 10.0 Å². The van der Waals surface area contributed by atoms with Gasteiger partial charge in [-0.25, -0.2) is 0 Å². The van der Waals surface area contributed by atoms with E-state index in [2.05, 4.69) is 20.2 Å². The zero-order chi connectivity index (χ0) is 20.3. The van der Waals surface area contributed by atoms with Crippen LogP contribution in [0.1, 0.15) is 33.2 Å². The van der Waals surface area contributed by atoms with Gasteiger partial charge in [-0.15, -0.1) is 10.2 Å². The molecule has 3 rings (SSSR count). The van der Waals surface area contributed by atoms with Crippen LogP contribution in [-0.4, -0.2) is 30.3 Å². The number of carbonyl (C=O) groups excluding carboxylic acids is 2. The first-order valence-corrected chi connectivity index (χ1v) is 10.4. The van der Waals surface area contributed by atoms with Crippen LogP contribution in [0.25, 0.3) is 0 Å². The van der Waals surface area contributed by atoms with Gasteiger partial charge in [0.2, 0.25) is 5.13 Å². The molecule has 3 aromatic rings. The second-order valence-corrected chi connectivity index (χ2v) is 8.77. The minimum absolute atomic E-state index is 0.0587. The molecule has 28 heavy (non-hydrogen) atoms. The second kappa shape index (κ2) is 7.87. The standard InChI is InChI=1S/C18H16N4O4S2/c1-11-6-8-13(9-7-11)16(24)19-17-20-21-18(27-17)28(25,26)22-15-5-3-4-14(10-15)12(2)23/h3-10,22H,1-2H3,(H,19,20,24). The Morgan fingerprint density at radius 2 is 1.71 bits per heavy atom. The summed E-state index contributed by atoms with van der Waals surface area (Å²) in [7, 11) is -4.01. The summed E-state index contributed by atoms with van der Waals surface area (Å²) in [5.41, 5.74) is 2.04. The van der Waals surface area contributed by atoms with Crippen molar-refractivity contribution >= 4 is 43.9 Å². The Kier molecular flexibility index (Phi) is 5.52. The highest BCUT2D eigenvalue weighted by Gasteiger charge is 2.21. The molecular weight excluding hydrogens is 400 g/mol. The number of hydrogen-bond donors (Lipinski definition) is 2. The maximum Gasteiger partial charge on any atom is 0.291 e. The number of Topliss-reactive ketones (excluding diaryl/α,β-unsaturated/α-hetero) is 1. The molecule has 144 valence electrons. The quantitative estimate of drug-likeness (QED) is 0.471. The van der Waals surface area contributed by atoms with E-state index >= 15 is 0 Å². The van der Waals surface area contributed by atoms with E-state index in [0.29, 0.717) is 11.1 Å². The third-order valence-electron chi connectivity index (χ3n) is 3.69. The number of sulfonamides is 1. The molecule has 0 aliphatic rings. The first-order chi connectivity index (χ1) is 13.2. The van der Waals surface area contributed by atoms with Gasteiger partial charge < -0.3 is 0 Å². The number of anilines is 2. The van der Waals surface area contributed by atoms with Crippen LogP contribution in [0.3, 0.4) is 0 Å². The molecule has 1 aromatic heterocycles. The van der Waals surface area contributed by atoms with Gasteiger partial charge in [-0.2, -0.15) is 8.42 Å². The highest BCUT2D eigenvalue weighted by molar-refractivity contribution is 7.94.